The van der Waals surface area contributed by atoms with E-state index in [0.717, 1.165) is 45.8 Å². The van der Waals surface area contributed by atoms with Crippen molar-refractivity contribution in [3.63, 3.8) is 0 Å². The maximum atomic E-state index is 6.46. The van der Waals surface area contributed by atoms with Crippen LogP contribution >= 0.6 is 11.6 Å². The fourth-order valence-corrected chi connectivity index (χ4v) is 3.24. The van der Waals surface area contributed by atoms with E-state index in [0.29, 0.717) is 12.0 Å². The maximum absolute atomic E-state index is 6.46. The highest BCUT2D eigenvalue weighted by molar-refractivity contribution is 6.64. The molecule has 0 amide bonds. The molecular weight excluding hydrogens is 342 g/mol. The second kappa shape index (κ2) is 8.97. The summed E-state index contributed by atoms with van der Waals surface area (Å²) < 4.78 is 11.3. The van der Waals surface area contributed by atoms with Crippen LogP contribution in [0.4, 0.5) is 0 Å². The number of morpholine rings is 1. The largest absolute Gasteiger partial charge is 0.378 e. The van der Waals surface area contributed by atoms with Crippen LogP contribution < -0.4 is 10.6 Å². The van der Waals surface area contributed by atoms with Crippen molar-refractivity contribution in [2.75, 3.05) is 53.7 Å². The number of aliphatic imine (C=N–C) groups is 1. The van der Waals surface area contributed by atoms with Crippen molar-refractivity contribution >= 4 is 16.9 Å². The van der Waals surface area contributed by atoms with E-state index in [2.05, 4.69) is 41.3 Å². The van der Waals surface area contributed by atoms with E-state index in [1.165, 1.54) is 0 Å². The number of nitrogens with one attached hydrogen (secondary N) is 2. The van der Waals surface area contributed by atoms with E-state index in [-0.39, 0.29) is 17.4 Å². The Bertz CT molecular complexity index is 460. The standard InChI is InChI=1S/C17H34ClN5O2/c1-6-16(2)12-24-10-8-23(16)13-21-14(18)22(5)15(19-4)20-11-17(3)7-9-25-17/h15,19-20H,6-13H2,1-5H3/t15?,16-,17?/m1/s1. The van der Waals surface area contributed by atoms with Gasteiger partial charge in [0.15, 0.2) is 5.29 Å². The number of rotatable bonds is 8. The first-order valence-electron chi connectivity index (χ1n) is 9.14. The molecule has 146 valence electrons. The molecule has 2 unspecified atom stereocenters. The van der Waals surface area contributed by atoms with Crippen molar-refractivity contribution in [1.29, 1.82) is 0 Å². The lowest BCUT2D eigenvalue weighted by Crippen LogP contribution is -2.59. The summed E-state index contributed by atoms with van der Waals surface area (Å²) in [5.41, 5.74) is -0.0510. The number of amidine groups is 1. The number of ether oxygens (including phenoxy) is 2. The molecule has 0 radical (unpaired) electrons. The van der Waals surface area contributed by atoms with Crippen molar-refractivity contribution in [3.05, 3.63) is 0 Å². The van der Waals surface area contributed by atoms with Crippen LogP contribution in [0.2, 0.25) is 0 Å². The average Bonchev–Trinajstić information content (AvgIpc) is 2.59. The molecule has 2 aliphatic heterocycles. The summed E-state index contributed by atoms with van der Waals surface area (Å²) in [6, 6.07) is 0. The SMILES string of the molecule is CC[C@]1(C)COCCN1CN=C(Cl)N(C)C(NC)NCC1(C)CCO1. The summed E-state index contributed by atoms with van der Waals surface area (Å²) >= 11 is 6.46. The van der Waals surface area contributed by atoms with E-state index in [1.54, 1.807) is 0 Å². The van der Waals surface area contributed by atoms with Crippen LogP contribution in [0, 0.1) is 0 Å². The Morgan fingerprint density at radius 1 is 1.40 bits per heavy atom. The fourth-order valence-electron chi connectivity index (χ4n) is 3.09. The molecule has 0 aromatic rings. The molecule has 2 rings (SSSR count). The smallest absolute Gasteiger partial charge is 0.197 e. The predicted molar refractivity (Wildman–Crippen MR) is 102 cm³/mol. The third-order valence-corrected chi connectivity index (χ3v) is 5.90. The number of nitrogens with zero attached hydrogens (tertiary/aromatic N) is 3. The number of hydrogen-bond donors (Lipinski definition) is 2. The topological polar surface area (TPSA) is 61.4 Å². The molecule has 2 aliphatic rings. The lowest BCUT2D eigenvalue weighted by Gasteiger charge is -2.43. The van der Waals surface area contributed by atoms with Gasteiger partial charge < -0.3 is 14.4 Å². The van der Waals surface area contributed by atoms with E-state index >= 15 is 0 Å². The molecule has 0 aromatic heterocycles. The van der Waals surface area contributed by atoms with Crippen LogP contribution in [0.3, 0.4) is 0 Å². The van der Waals surface area contributed by atoms with Crippen LogP contribution in [0.5, 0.6) is 0 Å². The summed E-state index contributed by atoms with van der Waals surface area (Å²) in [5, 5.41) is 7.16. The minimum atomic E-state index is -0.0977. The first-order valence-corrected chi connectivity index (χ1v) is 9.51. The van der Waals surface area contributed by atoms with Gasteiger partial charge >= 0.3 is 0 Å². The molecule has 3 atom stereocenters. The zero-order valence-electron chi connectivity index (χ0n) is 16.3. The average molecular weight is 376 g/mol. The van der Waals surface area contributed by atoms with Gasteiger partial charge in [0.1, 0.15) is 6.29 Å². The Morgan fingerprint density at radius 3 is 2.68 bits per heavy atom. The van der Waals surface area contributed by atoms with Crippen LogP contribution in [0.25, 0.3) is 0 Å². The van der Waals surface area contributed by atoms with Crippen LogP contribution in [-0.2, 0) is 9.47 Å². The highest BCUT2D eigenvalue weighted by atomic mass is 35.5. The molecule has 0 bridgehead atoms. The predicted octanol–water partition coefficient (Wildman–Crippen LogP) is 1.24. The van der Waals surface area contributed by atoms with Crippen molar-refractivity contribution in [1.82, 2.24) is 20.4 Å². The lowest BCUT2D eigenvalue weighted by molar-refractivity contribution is -0.133. The normalized spacial score (nSPS) is 32.3. The van der Waals surface area contributed by atoms with Gasteiger partial charge in [0.25, 0.3) is 0 Å². The molecule has 0 aliphatic carbocycles. The van der Waals surface area contributed by atoms with Crippen molar-refractivity contribution < 1.29 is 9.47 Å². The Kier molecular flexibility index (Phi) is 7.49. The first kappa shape index (κ1) is 20.9. The quantitative estimate of drug-likeness (QED) is 0.288. The van der Waals surface area contributed by atoms with E-state index in [9.17, 15) is 0 Å². The van der Waals surface area contributed by atoms with Gasteiger partial charge in [-0.15, -0.1) is 0 Å². The van der Waals surface area contributed by atoms with E-state index in [1.807, 2.05) is 19.0 Å². The third-order valence-electron chi connectivity index (χ3n) is 5.52. The lowest BCUT2D eigenvalue weighted by atomic mass is 9.97. The molecule has 2 fully saturated rings. The zero-order chi connectivity index (χ0) is 18.5. The van der Waals surface area contributed by atoms with Gasteiger partial charge in [-0.1, -0.05) is 6.92 Å². The highest BCUT2D eigenvalue weighted by Crippen LogP contribution is 2.25. The maximum Gasteiger partial charge on any atom is 0.197 e. The van der Waals surface area contributed by atoms with Crippen molar-refractivity contribution in [2.45, 2.75) is 51.0 Å². The van der Waals surface area contributed by atoms with E-state index < -0.39 is 0 Å². The summed E-state index contributed by atoms with van der Waals surface area (Å²) in [7, 11) is 3.83. The van der Waals surface area contributed by atoms with Gasteiger partial charge in [-0.2, -0.15) is 0 Å². The summed E-state index contributed by atoms with van der Waals surface area (Å²) in [6.45, 7) is 11.1. The Labute approximate surface area is 157 Å². The summed E-state index contributed by atoms with van der Waals surface area (Å²) in [4.78, 5) is 8.86. The summed E-state index contributed by atoms with van der Waals surface area (Å²) in [6.07, 6.45) is 2.00. The zero-order valence-corrected chi connectivity index (χ0v) is 17.0. The third kappa shape index (κ3) is 5.28. The molecule has 25 heavy (non-hydrogen) atoms. The fraction of sp³-hybridized carbons (Fsp3) is 0.941. The molecule has 0 spiro atoms. The molecule has 0 saturated carbocycles. The molecule has 8 heteroatoms. The molecule has 2 saturated heterocycles. The number of halogens is 1. The van der Waals surface area contributed by atoms with Crippen LogP contribution in [0.15, 0.2) is 4.99 Å². The molecular formula is C17H34ClN5O2. The Hall–Kier alpha value is -0.440. The first-order chi connectivity index (χ1) is 11.8. The Balaban J connectivity index is 1.89. The van der Waals surface area contributed by atoms with Gasteiger partial charge in [0.05, 0.1) is 32.1 Å². The van der Waals surface area contributed by atoms with Gasteiger partial charge in [-0.25, -0.2) is 4.99 Å². The second-order valence-electron chi connectivity index (χ2n) is 7.47. The van der Waals surface area contributed by atoms with Gasteiger partial charge in [-0.05, 0) is 38.9 Å². The van der Waals surface area contributed by atoms with Gasteiger partial charge in [0, 0.05) is 32.1 Å². The van der Waals surface area contributed by atoms with Crippen LogP contribution in [0.1, 0.15) is 33.6 Å². The Morgan fingerprint density at radius 2 is 2.12 bits per heavy atom. The van der Waals surface area contributed by atoms with Crippen molar-refractivity contribution in [2.24, 2.45) is 4.99 Å². The van der Waals surface area contributed by atoms with Gasteiger partial charge in [0.2, 0.25) is 0 Å². The number of hydrogen-bond acceptors (Lipinski definition) is 6. The minimum absolute atomic E-state index is 0.0221. The second-order valence-corrected chi connectivity index (χ2v) is 7.80. The van der Waals surface area contributed by atoms with E-state index in [4.69, 9.17) is 21.1 Å². The monoisotopic (exact) mass is 375 g/mol. The highest BCUT2D eigenvalue weighted by Gasteiger charge is 2.34. The molecule has 7 nitrogen and oxygen atoms in total. The minimum Gasteiger partial charge on any atom is -0.378 e. The molecule has 2 N–H and O–H groups in total. The summed E-state index contributed by atoms with van der Waals surface area (Å²) in [5.74, 6) is 0. The van der Waals surface area contributed by atoms with Crippen LogP contribution in [-0.4, -0.2) is 86.2 Å². The van der Waals surface area contributed by atoms with Gasteiger partial charge in [-0.3, -0.25) is 15.5 Å². The van der Waals surface area contributed by atoms with Crippen molar-refractivity contribution in [3.8, 4) is 0 Å². The molecule has 2 heterocycles. The molecule has 0 aromatic carbocycles.